The molecule has 2 amide bonds. The molecule has 0 aliphatic heterocycles. The van der Waals surface area contributed by atoms with Crippen molar-refractivity contribution in [3.8, 4) is 5.75 Å². The molecule has 0 aromatic heterocycles. The van der Waals surface area contributed by atoms with Gasteiger partial charge in [0.2, 0.25) is 11.8 Å². The predicted octanol–water partition coefficient (Wildman–Crippen LogP) is 5.48. The topological polar surface area (TPSA) is 96.0 Å². The Morgan fingerprint density at radius 2 is 1.62 bits per heavy atom. The average Bonchev–Trinajstić information content (AvgIpc) is 2.99. The van der Waals surface area contributed by atoms with Crippen LogP contribution in [0.4, 0.5) is 5.69 Å². The van der Waals surface area contributed by atoms with Crippen molar-refractivity contribution in [3.63, 3.8) is 0 Å². The third-order valence-corrected chi connectivity index (χ3v) is 9.18. The van der Waals surface area contributed by atoms with E-state index < -0.39 is 28.5 Å². The number of carbonyl (C=O) groups excluding carboxylic acids is 2. The number of para-hydroxylation sites is 1. The van der Waals surface area contributed by atoms with Gasteiger partial charge in [0.15, 0.2) is 0 Å². The van der Waals surface area contributed by atoms with E-state index in [0.717, 1.165) is 23.1 Å². The maximum Gasteiger partial charge on any atom is 0.264 e. The normalized spacial score (nSPS) is 12.7. The molecule has 0 fully saturated rings. The first-order chi connectivity index (χ1) is 20.0. The zero-order chi connectivity index (χ0) is 30.9. The lowest BCUT2D eigenvalue weighted by Gasteiger charge is -2.34. The van der Waals surface area contributed by atoms with Crippen molar-refractivity contribution >= 4 is 27.5 Å². The van der Waals surface area contributed by atoms with Gasteiger partial charge in [0.1, 0.15) is 18.3 Å². The van der Waals surface area contributed by atoms with Gasteiger partial charge in [-0.1, -0.05) is 68.8 Å². The van der Waals surface area contributed by atoms with Crippen LogP contribution in [0.25, 0.3) is 0 Å². The van der Waals surface area contributed by atoms with Gasteiger partial charge in [-0.15, -0.1) is 0 Å². The van der Waals surface area contributed by atoms with Crippen LogP contribution in [0.15, 0.2) is 77.7 Å². The van der Waals surface area contributed by atoms with Crippen LogP contribution in [0.3, 0.4) is 0 Å². The van der Waals surface area contributed by atoms with Gasteiger partial charge in [0, 0.05) is 12.6 Å². The quantitative estimate of drug-likeness (QED) is 0.267. The summed E-state index contributed by atoms with van der Waals surface area (Å²) >= 11 is 0. The lowest BCUT2D eigenvalue weighted by Crippen LogP contribution is -2.53. The summed E-state index contributed by atoms with van der Waals surface area (Å²) in [5.74, 6) is -0.131. The maximum atomic E-state index is 14.3. The Morgan fingerprint density at radius 3 is 2.24 bits per heavy atom. The number of amides is 2. The lowest BCUT2D eigenvalue weighted by atomic mass is 10.1. The number of anilines is 1. The smallest absolute Gasteiger partial charge is 0.264 e. The SMILES string of the molecule is CCc1ccccc1N(CC(=O)N(Cc1cccc(OC)c1)[C@H](CC)C(=O)N[C@H](C)CC)S(=O)(=O)c1ccc(C)cc1. The van der Waals surface area contributed by atoms with Crippen molar-refractivity contribution in [1.29, 1.82) is 0 Å². The molecule has 0 radical (unpaired) electrons. The van der Waals surface area contributed by atoms with Crippen molar-refractivity contribution in [2.45, 2.75) is 77.4 Å². The van der Waals surface area contributed by atoms with E-state index in [-0.39, 0.29) is 23.4 Å². The maximum absolute atomic E-state index is 14.3. The van der Waals surface area contributed by atoms with Gasteiger partial charge in [0.25, 0.3) is 10.0 Å². The van der Waals surface area contributed by atoms with E-state index in [1.807, 2.05) is 65.0 Å². The minimum Gasteiger partial charge on any atom is -0.497 e. The van der Waals surface area contributed by atoms with E-state index in [2.05, 4.69) is 5.32 Å². The monoisotopic (exact) mass is 593 g/mol. The Balaban J connectivity index is 2.11. The van der Waals surface area contributed by atoms with E-state index in [9.17, 15) is 18.0 Å². The number of ether oxygens (including phenoxy) is 1. The molecule has 0 heterocycles. The zero-order valence-corrected chi connectivity index (χ0v) is 26.3. The van der Waals surface area contributed by atoms with E-state index in [1.54, 1.807) is 49.6 Å². The third kappa shape index (κ3) is 7.91. The number of aryl methyl sites for hydroxylation is 2. The van der Waals surface area contributed by atoms with Crippen molar-refractivity contribution in [2.75, 3.05) is 18.0 Å². The third-order valence-electron chi connectivity index (χ3n) is 7.40. The molecule has 1 N–H and O–H groups in total. The Bertz CT molecular complexity index is 1460. The molecular weight excluding hydrogens is 550 g/mol. The molecule has 3 aromatic rings. The standard InChI is InChI=1S/C33H43N3O5S/c1-7-25(5)34-33(38)30(9-3)35(22-26-13-12-15-28(21-26)41-6)32(37)23-36(31-16-11-10-14-27(31)8-2)42(39,40)29-19-17-24(4)18-20-29/h10-21,25,30H,7-9,22-23H2,1-6H3,(H,34,38)/t25-,30-/m1/s1. The second-order valence-electron chi connectivity index (χ2n) is 10.4. The molecule has 3 aromatic carbocycles. The Hall–Kier alpha value is -3.85. The molecule has 0 saturated heterocycles. The molecule has 0 unspecified atom stereocenters. The Morgan fingerprint density at radius 1 is 0.929 bits per heavy atom. The average molecular weight is 594 g/mol. The predicted molar refractivity (Wildman–Crippen MR) is 167 cm³/mol. The van der Waals surface area contributed by atoms with Gasteiger partial charge in [-0.2, -0.15) is 0 Å². The van der Waals surface area contributed by atoms with Gasteiger partial charge in [0.05, 0.1) is 17.7 Å². The number of methoxy groups -OCH3 is 1. The molecule has 42 heavy (non-hydrogen) atoms. The molecule has 0 aliphatic carbocycles. The minimum absolute atomic E-state index is 0.0739. The number of carbonyl (C=O) groups is 2. The van der Waals surface area contributed by atoms with Crippen LogP contribution in [0.5, 0.6) is 5.75 Å². The summed E-state index contributed by atoms with van der Waals surface area (Å²) in [6.07, 6.45) is 1.67. The number of sulfonamides is 1. The number of nitrogens with zero attached hydrogens (tertiary/aromatic N) is 2. The Kier molecular flexibility index (Phi) is 11.6. The molecule has 0 bridgehead atoms. The van der Waals surface area contributed by atoms with Crippen LogP contribution in [-0.4, -0.2) is 50.9 Å². The summed E-state index contributed by atoms with van der Waals surface area (Å²) in [6, 6.07) is 20.2. The number of benzene rings is 3. The molecule has 9 heteroatoms. The van der Waals surface area contributed by atoms with E-state index in [4.69, 9.17) is 4.74 Å². The van der Waals surface area contributed by atoms with Crippen LogP contribution < -0.4 is 14.4 Å². The van der Waals surface area contributed by atoms with E-state index in [0.29, 0.717) is 24.3 Å². The van der Waals surface area contributed by atoms with E-state index in [1.165, 1.54) is 9.21 Å². The van der Waals surface area contributed by atoms with Gasteiger partial charge in [-0.25, -0.2) is 8.42 Å². The molecule has 3 rings (SSSR count). The number of nitrogens with one attached hydrogen (secondary N) is 1. The molecule has 2 atom stereocenters. The summed E-state index contributed by atoms with van der Waals surface area (Å²) in [7, 11) is -2.56. The van der Waals surface area contributed by atoms with Crippen molar-refractivity contribution < 1.29 is 22.7 Å². The van der Waals surface area contributed by atoms with Crippen molar-refractivity contribution in [1.82, 2.24) is 10.2 Å². The van der Waals surface area contributed by atoms with Crippen molar-refractivity contribution in [3.05, 3.63) is 89.5 Å². The largest absolute Gasteiger partial charge is 0.497 e. The number of hydrogen-bond acceptors (Lipinski definition) is 5. The van der Waals surface area contributed by atoms with Crippen molar-refractivity contribution in [2.24, 2.45) is 0 Å². The fourth-order valence-electron chi connectivity index (χ4n) is 4.73. The fraction of sp³-hybridized carbons (Fsp3) is 0.394. The number of rotatable bonds is 14. The second-order valence-corrected chi connectivity index (χ2v) is 12.3. The summed E-state index contributed by atoms with van der Waals surface area (Å²) in [6.45, 7) is 9.20. The molecule has 226 valence electrons. The highest BCUT2D eigenvalue weighted by atomic mass is 32.2. The van der Waals surface area contributed by atoms with Crippen LogP contribution in [-0.2, 0) is 32.6 Å². The van der Waals surface area contributed by atoms with Gasteiger partial charge < -0.3 is 15.0 Å². The molecule has 0 aliphatic rings. The molecular formula is C33H43N3O5S. The Labute approximate surface area is 250 Å². The zero-order valence-electron chi connectivity index (χ0n) is 25.5. The molecule has 0 saturated carbocycles. The van der Waals surface area contributed by atoms with Gasteiger partial charge >= 0.3 is 0 Å². The van der Waals surface area contributed by atoms with E-state index >= 15 is 0 Å². The summed E-state index contributed by atoms with van der Waals surface area (Å²) in [5.41, 5.74) is 2.92. The van der Waals surface area contributed by atoms with Crippen LogP contribution >= 0.6 is 0 Å². The highest BCUT2D eigenvalue weighted by Crippen LogP contribution is 2.29. The number of hydrogen-bond donors (Lipinski definition) is 1. The van der Waals surface area contributed by atoms with Gasteiger partial charge in [-0.05, 0) is 74.6 Å². The highest BCUT2D eigenvalue weighted by molar-refractivity contribution is 7.92. The second kappa shape index (κ2) is 14.9. The molecule has 8 nitrogen and oxygen atoms in total. The first-order valence-electron chi connectivity index (χ1n) is 14.5. The van der Waals surface area contributed by atoms with Crippen LogP contribution in [0.1, 0.15) is 57.2 Å². The summed E-state index contributed by atoms with van der Waals surface area (Å²) in [4.78, 5) is 29.3. The van der Waals surface area contributed by atoms with Crippen LogP contribution in [0.2, 0.25) is 0 Å². The fourth-order valence-corrected chi connectivity index (χ4v) is 6.18. The van der Waals surface area contributed by atoms with Crippen LogP contribution in [0, 0.1) is 6.92 Å². The highest BCUT2D eigenvalue weighted by Gasteiger charge is 2.34. The summed E-state index contributed by atoms with van der Waals surface area (Å²) in [5, 5.41) is 3.00. The summed E-state index contributed by atoms with van der Waals surface area (Å²) < 4.78 is 34.8. The molecule has 0 spiro atoms. The van der Waals surface area contributed by atoms with Gasteiger partial charge in [-0.3, -0.25) is 13.9 Å². The lowest BCUT2D eigenvalue weighted by molar-refractivity contribution is -0.140. The first kappa shape index (κ1) is 32.7. The minimum atomic E-state index is -4.13. The first-order valence-corrected chi connectivity index (χ1v) is 15.9.